The molecule has 0 saturated carbocycles. The van der Waals surface area contributed by atoms with Crippen LogP contribution in [0.2, 0.25) is 0 Å². The number of rotatable bonds is 1. The molecule has 0 unspecified atom stereocenters. The number of hydrogen-bond donors (Lipinski definition) is 1. The van der Waals surface area contributed by atoms with Crippen molar-refractivity contribution in [1.82, 2.24) is 4.98 Å². The molecular weight excluding hydrogens is 317 g/mol. The van der Waals surface area contributed by atoms with Crippen LogP contribution in [0.25, 0.3) is 22.0 Å². The molecule has 18 heavy (non-hydrogen) atoms. The third-order valence-corrected chi connectivity index (χ3v) is 3.90. The summed E-state index contributed by atoms with van der Waals surface area (Å²) in [6.07, 6.45) is 0. The Bertz CT molecular complexity index is 780. The zero-order valence-corrected chi connectivity index (χ0v) is 11.4. The van der Waals surface area contributed by atoms with Gasteiger partial charge >= 0.3 is 0 Å². The maximum absolute atomic E-state index is 14.4. The average molecular weight is 324 g/mol. The monoisotopic (exact) mass is 323 g/mol. The summed E-state index contributed by atoms with van der Waals surface area (Å²) in [6.45, 7) is 0. The number of benzene rings is 1. The molecule has 0 fully saturated rings. The molecular formula is C13H7BrFNOS. The van der Waals surface area contributed by atoms with Crippen molar-refractivity contribution >= 4 is 38.2 Å². The highest BCUT2D eigenvalue weighted by atomic mass is 79.9. The molecule has 1 aromatic carbocycles. The Morgan fingerprint density at radius 1 is 1.28 bits per heavy atom. The number of pyridine rings is 1. The Labute approximate surface area is 114 Å². The first-order valence-electron chi connectivity index (χ1n) is 5.20. The molecule has 0 aliphatic heterocycles. The fourth-order valence-corrected chi connectivity index (χ4v) is 2.90. The molecule has 0 spiro atoms. The Kier molecular flexibility index (Phi) is 2.80. The van der Waals surface area contributed by atoms with Crippen molar-refractivity contribution in [3.05, 3.63) is 55.7 Å². The Morgan fingerprint density at radius 2 is 2.11 bits per heavy atom. The normalized spacial score (nSPS) is 11.0. The fourth-order valence-electron chi connectivity index (χ4n) is 1.89. The lowest BCUT2D eigenvalue weighted by molar-refractivity contribution is 0.640. The summed E-state index contributed by atoms with van der Waals surface area (Å²) >= 11 is 4.73. The average Bonchev–Trinajstić information content (AvgIpc) is 2.84. The van der Waals surface area contributed by atoms with Crippen LogP contribution in [0, 0.1) is 5.82 Å². The van der Waals surface area contributed by atoms with Crippen LogP contribution in [0.4, 0.5) is 4.39 Å². The van der Waals surface area contributed by atoms with Gasteiger partial charge in [0.15, 0.2) is 0 Å². The highest BCUT2D eigenvalue weighted by molar-refractivity contribution is 9.10. The lowest BCUT2D eigenvalue weighted by Crippen LogP contribution is -2.11. The summed E-state index contributed by atoms with van der Waals surface area (Å²) in [5.74, 6) is -0.478. The maximum atomic E-state index is 14.4. The van der Waals surface area contributed by atoms with Crippen LogP contribution in [0.5, 0.6) is 0 Å². The molecule has 2 nitrogen and oxygen atoms in total. The SMILES string of the molecule is O=c1[nH]c2ccc(Br)cc2c(F)c1-c1ccsc1. The minimum absolute atomic E-state index is 0.0989. The van der Waals surface area contributed by atoms with Crippen LogP contribution in [0.15, 0.2) is 44.3 Å². The van der Waals surface area contributed by atoms with Gasteiger partial charge in [0.05, 0.1) is 11.1 Å². The second kappa shape index (κ2) is 4.33. The van der Waals surface area contributed by atoms with Crippen LogP contribution >= 0.6 is 27.3 Å². The first-order chi connectivity index (χ1) is 8.66. The van der Waals surface area contributed by atoms with Gasteiger partial charge in [0.2, 0.25) is 0 Å². The summed E-state index contributed by atoms with van der Waals surface area (Å²) in [6, 6.07) is 6.85. The van der Waals surface area contributed by atoms with Gasteiger partial charge in [0.25, 0.3) is 5.56 Å². The van der Waals surface area contributed by atoms with Crippen molar-refractivity contribution in [3.8, 4) is 11.1 Å². The molecule has 5 heteroatoms. The van der Waals surface area contributed by atoms with E-state index in [1.54, 1.807) is 29.6 Å². The van der Waals surface area contributed by atoms with E-state index in [0.29, 0.717) is 16.5 Å². The van der Waals surface area contributed by atoms with E-state index in [0.717, 1.165) is 4.47 Å². The number of halogens is 2. The number of hydrogen-bond acceptors (Lipinski definition) is 2. The van der Waals surface area contributed by atoms with Crippen LogP contribution in [-0.2, 0) is 0 Å². The van der Waals surface area contributed by atoms with Crippen molar-refractivity contribution < 1.29 is 4.39 Å². The van der Waals surface area contributed by atoms with E-state index in [9.17, 15) is 9.18 Å². The number of aromatic nitrogens is 1. The van der Waals surface area contributed by atoms with Crippen LogP contribution in [0.3, 0.4) is 0 Å². The van der Waals surface area contributed by atoms with Crippen LogP contribution in [-0.4, -0.2) is 4.98 Å². The molecule has 2 aromatic heterocycles. The van der Waals surface area contributed by atoms with E-state index >= 15 is 0 Å². The smallest absolute Gasteiger partial charge is 0.259 e. The summed E-state index contributed by atoms with van der Waals surface area (Å²) in [5, 5.41) is 3.99. The number of aromatic amines is 1. The highest BCUT2D eigenvalue weighted by Crippen LogP contribution is 2.27. The van der Waals surface area contributed by atoms with E-state index in [-0.39, 0.29) is 5.56 Å². The molecule has 0 aliphatic rings. The predicted molar refractivity (Wildman–Crippen MR) is 75.5 cm³/mol. The second-order valence-corrected chi connectivity index (χ2v) is 5.54. The molecule has 0 radical (unpaired) electrons. The minimum atomic E-state index is -0.478. The zero-order chi connectivity index (χ0) is 12.7. The largest absolute Gasteiger partial charge is 0.321 e. The molecule has 0 atom stereocenters. The quantitative estimate of drug-likeness (QED) is 0.716. The van der Waals surface area contributed by atoms with E-state index in [2.05, 4.69) is 20.9 Å². The van der Waals surface area contributed by atoms with Crippen molar-refractivity contribution in [3.63, 3.8) is 0 Å². The molecule has 0 amide bonds. The topological polar surface area (TPSA) is 32.9 Å². The van der Waals surface area contributed by atoms with Crippen molar-refractivity contribution in [1.29, 1.82) is 0 Å². The maximum Gasteiger partial charge on any atom is 0.259 e. The van der Waals surface area contributed by atoms with E-state index in [1.807, 2.05) is 5.38 Å². The predicted octanol–water partition coefficient (Wildman–Crippen LogP) is 4.16. The minimum Gasteiger partial charge on any atom is -0.321 e. The van der Waals surface area contributed by atoms with Crippen molar-refractivity contribution in [2.75, 3.05) is 0 Å². The molecule has 0 saturated heterocycles. The summed E-state index contributed by atoms with van der Waals surface area (Å²) in [5.41, 5.74) is 0.808. The van der Waals surface area contributed by atoms with Gasteiger partial charge in [-0.3, -0.25) is 4.79 Å². The highest BCUT2D eigenvalue weighted by Gasteiger charge is 2.14. The molecule has 90 valence electrons. The Morgan fingerprint density at radius 3 is 2.83 bits per heavy atom. The number of thiophene rings is 1. The Balaban J connectivity index is 2.43. The first kappa shape index (κ1) is 11.6. The molecule has 2 heterocycles. The molecule has 1 N–H and O–H groups in total. The van der Waals surface area contributed by atoms with E-state index in [4.69, 9.17) is 0 Å². The van der Waals surface area contributed by atoms with Crippen molar-refractivity contribution in [2.24, 2.45) is 0 Å². The lowest BCUT2D eigenvalue weighted by Gasteiger charge is -2.05. The van der Waals surface area contributed by atoms with Crippen LogP contribution in [0.1, 0.15) is 0 Å². The number of nitrogens with one attached hydrogen (secondary N) is 1. The van der Waals surface area contributed by atoms with E-state index in [1.165, 1.54) is 11.3 Å². The van der Waals surface area contributed by atoms with Gasteiger partial charge in [0, 0.05) is 15.4 Å². The van der Waals surface area contributed by atoms with Gasteiger partial charge in [-0.1, -0.05) is 15.9 Å². The standard InChI is InChI=1S/C13H7BrFNOS/c14-8-1-2-10-9(5-8)12(15)11(13(17)16-10)7-3-4-18-6-7/h1-6H,(H,16,17). The van der Waals surface area contributed by atoms with Gasteiger partial charge in [0.1, 0.15) is 5.82 Å². The van der Waals surface area contributed by atoms with Gasteiger partial charge in [-0.15, -0.1) is 0 Å². The first-order valence-corrected chi connectivity index (χ1v) is 6.94. The fraction of sp³-hybridized carbons (Fsp3) is 0. The molecule has 3 rings (SSSR count). The third-order valence-electron chi connectivity index (χ3n) is 2.72. The van der Waals surface area contributed by atoms with Gasteiger partial charge < -0.3 is 4.98 Å². The van der Waals surface area contributed by atoms with Crippen LogP contribution < -0.4 is 5.56 Å². The van der Waals surface area contributed by atoms with Gasteiger partial charge in [-0.25, -0.2) is 4.39 Å². The zero-order valence-electron chi connectivity index (χ0n) is 9.04. The molecule has 0 bridgehead atoms. The number of fused-ring (bicyclic) bond motifs is 1. The lowest BCUT2D eigenvalue weighted by atomic mass is 10.1. The summed E-state index contributed by atoms with van der Waals surface area (Å²) < 4.78 is 15.2. The van der Waals surface area contributed by atoms with Gasteiger partial charge in [-0.2, -0.15) is 11.3 Å². The Hall–Kier alpha value is -1.46. The second-order valence-electron chi connectivity index (χ2n) is 3.85. The van der Waals surface area contributed by atoms with Crippen molar-refractivity contribution in [2.45, 2.75) is 0 Å². The third kappa shape index (κ3) is 1.79. The van der Waals surface area contributed by atoms with Gasteiger partial charge in [-0.05, 0) is 35.0 Å². The summed E-state index contributed by atoms with van der Waals surface area (Å²) in [7, 11) is 0. The summed E-state index contributed by atoms with van der Waals surface area (Å²) in [4.78, 5) is 14.6. The molecule has 3 aromatic rings. The molecule has 0 aliphatic carbocycles. The van der Waals surface area contributed by atoms with E-state index < -0.39 is 11.4 Å². The number of H-pyrrole nitrogens is 1.